The fourth-order valence-electron chi connectivity index (χ4n) is 2.28. The molecule has 0 spiro atoms. The average Bonchev–Trinajstić information content (AvgIpc) is 3.12. The lowest BCUT2D eigenvalue weighted by Gasteiger charge is -2.08. The van der Waals surface area contributed by atoms with Crippen molar-refractivity contribution < 1.29 is 14.0 Å². The summed E-state index contributed by atoms with van der Waals surface area (Å²) < 4.78 is 5.16. The van der Waals surface area contributed by atoms with Gasteiger partial charge in [-0.3, -0.25) is 9.59 Å². The molecule has 0 bridgehead atoms. The first-order chi connectivity index (χ1) is 12.5. The fourth-order valence-corrected chi connectivity index (χ4v) is 2.81. The lowest BCUT2D eigenvalue weighted by Crippen LogP contribution is -2.22. The van der Waals surface area contributed by atoms with Crippen LogP contribution in [-0.4, -0.2) is 11.8 Å². The van der Waals surface area contributed by atoms with Gasteiger partial charge in [-0.15, -0.1) is 0 Å². The van der Waals surface area contributed by atoms with E-state index in [0.29, 0.717) is 39.2 Å². The third-order valence-electron chi connectivity index (χ3n) is 3.53. The van der Waals surface area contributed by atoms with Crippen molar-refractivity contribution in [3.8, 4) is 0 Å². The van der Waals surface area contributed by atoms with E-state index in [4.69, 9.17) is 27.6 Å². The van der Waals surface area contributed by atoms with Crippen molar-refractivity contribution in [2.24, 2.45) is 0 Å². The third-order valence-corrected chi connectivity index (χ3v) is 3.97. The third kappa shape index (κ3) is 4.65. The summed E-state index contributed by atoms with van der Waals surface area (Å²) in [5.74, 6) is 0.0791. The van der Waals surface area contributed by atoms with Crippen LogP contribution in [0.15, 0.2) is 65.3 Å². The molecule has 0 radical (unpaired) electrons. The van der Waals surface area contributed by atoms with Gasteiger partial charge in [0.25, 0.3) is 11.8 Å². The molecule has 5 nitrogen and oxygen atoms in total. The van der Waals surface area contributed by atoms with Crippen LogP contribution < -0.4 is 10.6 Å². The Labute approximate surface area is 159 Å². The van der Waals surface area contributed by atoms with Crippen molar-refractivity contribution in [1.82, 2.24) is 5.32 Å². The van der Waals surface area contributed by atoms with E-state index >= 15 is 0 Å². The summed E-state index contributed by atoms with van der Waals surface area (Å²) in [7, 11) is 0. The highest BCUT2D eigenvalue weighted by molar-refractivity contribution is 6.35. The van der Waals surface area contributed by atoms with Gasteiger partial charge < -0.3 is 15.1 Å². The molecule has 0 saturated heterocycles. The molecule has 0 aliphatic heterocycles. The Morgan fingerprint density at radius 2 is 1.50 bits per heavy atom. The minimum atomic E-state index is -0.328. The van der Waals surface area contributed by atoms with Crippen LogP contribution in [0.25, 0.3) is 0 Å². The maximum atomic E-state index is 12.3. The van der Waals surface area contributed by atoms with Crippen molar-refractivity contribution in [1.29, 1.82) is 0 Å². The number of carbonyl (C=O) groups excluding carboxylic acids is 2. The van der Waals surface area contributed by atoms with Crippen molar-refractivity contribution in [3.63, 3.8) is 0 Å². The molecule has 3 aromatic rings. The number of hydrogen-bond donors (Lipinski definition) is 2. The number of amides is 2. The first kappa shape index (κ1) is 18.0. The quantitative estimate of drug-likeness (QED) is 0.661. The Balaban J connectivity index is 1.62. The minimum Gasteiger partial charge on any atom is -0.467 e. The molecule has 7 heteroatoms. The van der Waals surface area contributed by atoms with Gasteiger partial charge in [-0.2, -0.15) is 0 Å². The van der Waals surface area contributed by atoms with Crippen LogP contribution >= 0.6 is 23.2 Å². The number of anilines is 1. The van der Waals surface area contributed by atoms with E-state index in [1.165, 1.54) is 0 Å². The summed E-state index contributed by atoms with van der Waals surface area (Å²) in [5, 5.41) is 6.31. The topological polar surface area (TPSA) is 71.3 Å². The maximum absolute atomic E-state index is 12.3. The fraction of sp³-hybridized carbons (Fsp3) is 0.0526. The number of benzene rings is 2. The average molecular weight is 389 g/mol. The zero-order chi connectivity index (χ0) is 18.5. The van der Waals surface area contributed by atoms with E-state index in [9.17, 15) is 9.59 Å². The molecule has 0 saturated carbocycles. The first-order valence-corrected chi connectivity index (χ1v) is 8.45. The minimum absolute atomic E-state index is 0.255. The summed E-state index contributed by atoms with van der Waals surface area (Å²) >= 11 is 11.8. The van der Waals surface area contributed by atoms with E-state index in [1.54, 1.807) is 60.9 Å². The number of hydrogen-bond acceptors (Lipinski definition) is 3. The number of rotatable bonds is 5. The summed E-state index contributed by atoms with van der Waals surface area (Å²) in [5.41, 5.74) is 1.34. The van der Waals surface area contributed by atoms with Gasteiger partial charge in [-0.05, 0) is 54.6 Å². The Morgan fingerprint density at radius 1 is 0.885 bits per heavy atom. The number of halogens is 2. The van der Waals surface area contributed by atoms with Gasteiger partial charge in [0.15, 0.2) is 0 Å². The van der Waals surface area contributed by atoms with Crippen LogP contribution in [-0.2, 0) is 6.54 Å². The summed E-state index contributed by atoms with van der Waals surface area (Å²) in [6, 6.07) is 14.6. The highest BCUT2D eigenvalue weighted by Crippen LogP contribution is 2.23. The summed E-state index contributed by atoms with van der Waals surface area (Å²) in [6.45, 7) is 0.295. The van der Waals surface area contributed by atoms with E-state index in [-0.39, 0.29) is 11.8 Å². The Bertz CT molecular complexity index is 902. The summed E-state index contributed by atoms with van der Waals surface area (Å²) in [4.78, 5) is 24.4. The molecule has 0 aliphatic carbocycles. The second-order valence-electron chi connectivity index (χ2n) is 5.45. The van der Waals surface area contributed by atoms with Crippen molar-refractivity contribution >= 4 is 40.7 Å². The molecule has 2 aromatic carbocycles. The predicted molar refractivity (Wildman–Crippen MR) is 101 cm³/mol. The van der Waals surface area contributed by atoms with E-state index in [0.717, 1.165) is 0 Å². The lowest BCUT2D eigenvalue weighted by molar-refractivity contribution is 0.0946. The molecular formula is C19H14Cl2N2O3. The van der Waals surface area contributed by atoms with Crippen LogP contribution in [0.2, 0.25) is 10.0 Å². The van der Waals surface area contributed by atoms with Crippen molar-refractivity contribution in [3.05, 3.63) is 87.8 Å². The normalized spacial score (nSPS) is 10.4. The van der Waals surface area contributed by atoms with E-state index in [1.807, 2.05) is 0 Å². The van der Waals surface area contributed by atoms with Crippen LogP contribution in [0.1, 0.15) is 26.5 Å². The lowest BCUT2D eigenvalue weighted by atomic mass is 10.1. The standard InChI is InChI=1S/C19H14Cl2N2O3/c20-14-8-15(21)10-16(9-14)23-19(25)13-5-3-12(4-6-13)18(24)22-11-17-2-1-7-26-17/h1-10H,11H2,(H,22,24)(H,23,25). The van der Waals surface area contributed by atoms with Gasteiger partial charge in [0.1, 0.15) is 5.76 Å². The zero-order valence-electron chi connectivity index (χ0n) is 13.5. The first-order valence-electron chi connectivity index (χ1n) is 7.69. The SMILES string of the molecule is O=C(NCc1ccco1)c1ccc(C(=O)Nc2cc(Cl)cc(Cl)c2)cc1. The molecule has 1 heterocycles. The van der Waals surface area contributed by atoms with Crippen molar-refractivity contribution in [2.45, 2.75) is 6.54 Å². The number of carbonyl (C=O) groups is 2. The van der Waals surface area contributed by atoms with Gasteiger partial charge in [-0.1, -0.05) is 23.2 Å². The molecule has 1 aromatic heterocycles. The summed E-state index contributed by atoms with van der Waals surface area (Å²) in [6.07, 6.45) is 1.54. The van der Waals surface area contributed by atoms with Gasteiger partial charge in [0, 0.05) is 26.9 Å². The molecule has 26 heavy (non-hydrogen) atoms. The number of nitrogens with one attached hydrogen (secondary N) is 2. The second-order valence-corrected chi connectivity index (χ2v) is 6.32. The molecule has 132 valence electrons. The van der Waals surface area contributed by atoms with Crippen LogP contribution in [0.3, 0.4) is 0 Å². The number of furan rings is 1. The maximum Gasteiger partial charge on any atom is 0.255 e. The molecule has 0 unspecified atom stereocenters. The molecule has 2 amide bonds. The molecule has 2 N–H and O–H groups in total. The van der Waals surface area contributed by atoms with E-state index < -0.39 is 0 Å². The predicted octanol–water partition coefficient (Wildman–Crippen LogP) is 4.77. The molecule has 0 aliphatic rings. The van der Waals surface area contributed by atoms with Gasteiger partial charge in [0.2, 0.25) is 0 Å². The Kier molecular flexibility index (Phi) is 5.61. The highest BCUT2D eigenvalue weighted by Gasteiger charge is 2.10. The van der Waals surface area contributed by atoms with Crippen LogP contribution in [0.5, 0.6) is 0 Å². The van der Waals surface area contributed by atoms with Crippen LogP contribution in [0.4, 0.5) is 5.69 Å². The van der Waals surface area contributed by atoms with Gasteiger partial charge >= 0.3 is 0 Å². The molecule has 0 fully saturated rings. The molecular weight excluding hydrogens is 375 g/mol. The Hall–Kier alpha value is -2.76. The smallest absolute Gasteiger partial charge is 0.255 e. The largest absolute Gasteiger partial charge is 0.467 e. The highest BCUT2D eigenvalue weighted by atomic mass is 35.5. The second kappa shape index (κ2) is 8.08. The monoisotopic (exact) mass is 388 g/mol. The van der Waals surface area contributed by atoms with E-state index in [2.05, 4.69) is 10.6 Å². The van der Waals surface area contributed by atoms with Crippen LogP contribution in [0, 0.1) is 0 Å². The Morgan fingerprint density at radius 3 is 2.08 bits per heavy atom. The molecule has 3 rings (SSSR count). The van der Waals surface area contributed by atoms with Gasteiger partial charge in [0.05, 0.1) is 12.8 Å². The van der Waals surface area contributed by atoms with Gasteiger partial charge in [-0.25, -0.2) is 0 Å². The zero-order valence-corrected chi connectivity index (χ0v) is 15.0. The molecule has 0 atom stereocenters. The van der Waals surface area contributed by atoms with Crippen molar-refractivity contribution in [2.75, 3.05) is 5.32 Å².